The number of hydrogen-bond donors (Lipinski definition) is 1. The Labute approximate surface area is 190 Å². The molecule has 172 valence electrons. The molecular formula is C25H33N3O4. The van der Waals surface area contributed by atoms with Crippen LogP contribution >= 0.6 is 0 Å². The van der Waals surface area contributed by atoms with Crippen LogP contribution in [0.15, 0.2) is 42.6 Å². The van der Waals surface area contributed by atoms with Gasteiger partial charge in [0, 0.05) is 32.1 Å². The van der Waals surface area contributed by atoms with E-state index >= 15 is 0 Å². The van der Waals surface area contributed by atoms with Gasteiger partial charge in [0.1, 0.15) is 11.4 Å². The fourth-order valence-electron chi connectivity index (χ4n) is 3.53. The molecule has 1 aromatic carbocycles. The molecule has 32 heavy (non-hydrogen) atoms. The lowest BCUT2D eigenvalue weighted by molar-refractivity contribution is -0.119. The van der Waals surface area contributed by atoms with Crippen molar-refractivity contribution in [3.05, 3.63) is 48.2 Å². The van der Waals surface area contributed by atoms with Gasteiger partial charge in [-0.1, -0.05) is 18.2 Å². The number of nitrogens with one attached hydrogen (secondary N) is 1. The van der Waals surface area contributed by atoms with E-state index in [1.165, 1.54) is 6.92 Å². The maximum atomic E-state index is 12.2. The number of carbonyl (C=O) groups excluding carboxylic acids is 2. The summed E-state index contributed by atoms with van der Waals surface area (Å²) in [6.07, 6.45) is 3.29. The molecule has 0 aliphatic carbocycles. The first-order valence-electron chi connectivity index (χ1n) is 11.1. The van der Waals surface area contributed by atoms with Gasteiger partial charge in [-0.15, -0.1) is 0 Å². The smallest absolute Gasteiger partial charge is 0.410 e. The molecule has 7 heteroatoms. The second kappa shape index (κ2) is 10.5. The number of ether oxygens (including phenoxy) is 2. The van der Waals surface area contributed by atoms with Gasteiger partial charge in [-0.05, 0) is 63.3 Å². The molecule has 1 N–H and O–H groups in total. The van der Waals surface area contributed by atoms with Crippen LogP contribution in [0.1, 0.15) is 46.1 Å². The van der Waals surface area contributed by atoms with E-state index in [-0.39, 0.29) is 12.0 Å². The maximum Gasteiger partial charge on any atom is 0.410 e. The number of carbonyl (C=O) groups is 2. The second-order valence-electron chi connectivity index (χ2n) is 9.21. The highest BCUT2D eigenvalue weighted by atomic mass is 16.6. The summed E-state index contributed by atoms with van der Waals surface area (Å²) in [6.45, 7) is 9.64. The molecule has 0 bridgehead atoms. The second-order valence-corrected chi connectivity index (χ2v) is 9.21. The number of hydrogen-bond acceptors (Lipinski definition) is 5. The van der Waals surface area contributed by atoms with Crippen LogP contribution < -0.4 is 10.1 Å². The van der Waals surface area contributed by atoms with E-state index in [2.05, 4.69) is 10.3 Å². The molecule has 0 unspecified atom stereocenters. The number of pyridine rings is 1. The number of benzene rings is 1. The van der Waals surface area contributed by atoms with Gasteiger partial charge < -0.3 is 19.7 Å². The van der Waals surface area contributed by atoms with Crippen molar-refractivity contribution < 1.29 is 19.1 Å². The zero-order valence-electron chi connectivity index (χ0n) is 19.4. The molecule has 0 saturated carbocycles. The van der Waals surface area contributed by atoms with Crippen molar-refractivity contribution in [1.29, 1.82) is 0 Å². The van der Waals surface area contributed by atoms with Crippen LogP contribution in [0.25, 0.3) is 11.3 Å². The summed E-state index contributed by atoms with van der Waals surface area (Å²) in [5.41, 5.74) is 2.40. The number of aromatic nitrogens is 1. The minimum atomic E-state index is -0.469. The van der Waals surface area contributed by atoms with E-state index in [1.54, 1.807) is 11.1 Å². The van der Waals surface area contributed by atoms with Gasteiger partial charge in [-0.2, -0.15) is 0 Å². The molecule has 0 spiro atoms. The van der Waals surface area contributed by atoms with E-state index in [9.17, 15) is 9.59 Å². The van der Waals surface area contributed by atoms with Crippen LogP contribution in [0.5, 0.6) is 5.75 Å². The Kier molecular flexibility index (Phi) is 7.72. The number of nitrogens with zero attached hydrogens (tertiary/aromatic N) is 2. The lowest BCUT2D eigenvalue weighted by Crippen LogP contribution is -2.42. The van der Waals surface area contributed by atoms with E-state index < -0.39 is 5.60 Å². The fourth-order valence-corrected chi connectivity index (χ4v) is 3.53. The van der Waals surface area contributed by atoms with Crippen LogP contribution in [-0.4, -0.2) is 47.2 Å². The number of likely N-dealkylation sites (tertiary alicyclic amines) is 1. The molecule has 0 radical (unpaired) electrons. The zero-order chi connectivity index (χ0) is 23.1. The van der Waals surface area contributed by atoms with Crippen molar-refractivity contribution in [1.82, 2.24) is 15.2 Å². The van der Waals surface area contributed by atoms with Crippen molar-refractivity contribution in [3.63, 3.8) is 0 Å². The summed E-state index contributed by atoms with van der Waals surface area (Å²) >= 11 is 0. The van der Waals surface area contributed by atoms with Gasteiger partial charge in [-0.25, -0.2) is 4.79 Å². The van der Waals surface area contributed by atoms with Crippen molar-refractivity contribution >= 4 is 12.0 Å². The van der Waals surface area contributed by atoms with Crippen LogP contribution in [-0.2, 0) is 16.1 Å². The molecule has 1 aromatic heterocycles. The number of rotatable bonds is 6. The van der Waals surface area contributed by atoms with Crippen molar-refractivity contribution in [3.8, 4) is 17.0 Å². The van der Waals surface area contributed by atoms with Crippen molar-refractivity contribution in [2.45, 2.75) is 52.7 Å². The van der Waals surface area contributed by atoms with Gasteiger partial charge in [0.05, 0.1) is 18.5 Å². The molecule has 2 amide bonds. The normalized spacial score (nSPS) is 14.7. The Bertz CT molecular complexity index is 914. The van der Waals surface area contributed by atoms with Crippen LogP contribution in [0.2, 0.25) is 0 Å². The Morgan fingerprint density at radius 1 is 1.16 bits per heavy atom. The highest BCUT2D eigenvalue weighted by Gasteiger charge is 2.27. The van der Waals surface area contributed by atoms with Gasteiger partial charge in [0.25, 0.3) is 0 Å². The Hall–Kier alpha value is -3.09. The molecule has 1 fully saturated rings. The lowest BCUT2D eigenvalue weighted by atomic mass is 9.98. The molecular weight excluding hydrogens is 406 g/mol. The van der Waals surface area contributed by atoms with Crippen LogP contribution in [0, 0.1) is 5.92 Å². The average molecular weight is 440 g/mol. The SMILES string of the molecule is CC(=O)NCc1cccc(-c2ccc(OCC3CCN(C(=O)OC(C)(C)C)CC3)cn2)c1. The minimum Gasteiger partial charge on any atom is -0.492 e. The molecule has 0 atom stereocenters. The molecule has 1 aliphatic rings. The Morgan fingerprint density at radius 2 is 1.91 bits per heavy atom. The first kappa shape index (κ1) is 23.6. The standard InChI is InChI=1S/C25H33N3O4/c1-18(29)26-15-20-6-5-7-21(14-20)23-9-8-22(16-27-23)31-17-19-10-12-28(13-11-19)24(30)32-25(2,3)4/h5-9,14,16,19H,10-13,15,17H2,1-4H3,(H,26,29). The summed E-state index contributed by atoms with van der Waals surface area (Å²) in [5, 5.41) is 2.81. The van der Waals surface area contributed by atoms with E-state index in [0.717, 1.165) is 35.4 Å². The topological polar surface area (TPSA) is 80.8 Å². The third-order valence-corrected chi connectivity index (χ3v) is 5.25. The molecule has 3 rings (SSSR count). The molecule has 2 heterocycles. The third kappa shape index (κ3) is 7.25. The highest BCUT2D eigenvalue weighted by molar-refractivity contribution is 5.73. The van der Waals surface area contributed by atoms with E-state index in [0.29, 0.717) is 32.2 Å². The number of amides is 2. The molecule has 1 saturated heterocycles. The van der Waals surface area contributed by atoms with Gasteiger partial charge in [0.2, 0.25) is 5.91 Å². The Morgan fingerprint density at radius 3 is 2.53 bits per heavy atom. The quantitative estimate of drug-likeness (QED) is 0.721. The van der Waals surface area contributed by atoms with Gasteiger partial charge in [-0.3, -0.25) is 9.78 Å². The largest absolute Gasteiger partial charge is 0.492 e. The highest BCUT2D eigenvalue weighted by Crippen LogP contribution is 2.23. The zero-order valence-corrected chi connectivity index (χ0v) is 19.4. The summed E-state index contributed by atoms with van der Waals surface area (Å²) in [6, 6.07) is 11.8. The summed E-state index contributed by atoms with van der Waals surface area (Å²) < 4.78 is 11.4. The van der Waals surface area contributed by atoms with Gasteiger partial charge >= 0.3 is 6.09 Å². The predicted molar refractivity (Wildman–Crippen MR) is 123 cm³/mol. The maximum absolute atomic E-state index is 12.2. The monoisotopic (exact) mass is 439 g/mol. The van der Waals surface area contributed by atoms with Gasteiger partial charge in [0.15, 0.2) is 0 Å². The molecule has 2 aromatic rings. The van der Waals surface area contributed by atoms with Crippen LogP contribution in [0.3, 0.4) is 0 Å². The number of piperidine rings is 1. The Balaban J connectivity index is 1.47. The third-order valence-electron chi connectivity index (χ3n) is 5.25. The summed E-state index contributed by atoms with van der Waals surface area (Å²) in [4.78, 5) is 29.6. The fraction of sp³-hybridized carbons (Fsp3) is 0.480. The lowest BCUT2D eigenvalue weighted by Gasteiger charge is -2.33. The average Bonchev–Trinajstić information content (AvgIpc) is 2.76. The predicted octanol–water partition coefficient (Wildman–Crippen LogP) is 4.41. The summed E-state index contributed by atoms with van der Waals surface area (Å²) in [7, 11) is 0. The molecule has 7 nitrogen and oxygen atoms in total. The van der Waals surface area contributed by atoms with Crippen molar-refractivity contribution in [2.75, 3.05) is 19.7 Å². The first-order valence-corrected chi connectivity index (χ1v) is 11.1. The first-order chi connectivity index (χ1) is 15.2. The summed E-state index contributed by atoms with van der Waals surface area (Å²) in [5.74, 6) is 1.09. The van der Waals surface area contributed by atoms with E-state index in [1.807, 2.05) is 57.2 Å². The van der Waals surface area contributed by atoms with E-state index in [4.69, 9.17) is 9.47 Å². The minimum absolute atomic E-state index is 0.0504. The molecule has 1 aliphatic heterocycles. The van der Waals surface area contributed by atoms with Crippen molar-refractivity contribution in [2.24, 2.45) is 5.92 Å². The van der Waals surface area contributed by atoms with Crippen LogP contribution in [0.4, 0.5) is 4.79 Å².